The second-order valence-electron chi connectivity index (χ2n) is 6.09. The van der Waals surface area contributed by atoms with Crippen LogP contribution in [-0.4, -0.2) is 26.7 Å². The van der Waals surface area contributed by atoms with E-state index >= 15 is 0 Å². The number of benzene rings is 2. The van der Waals surface area contributed by atoms with Crippen LogP contribution in [0.3, 0.4) is 0 Å². The highest BCUT2D eigenvalue weighted by atomic mass is 15.2. The van der Waals surface area contributed by atoms with E-state index in [1.165, 1.54) is 49.2 Å². The molecule has 0 aromatic heterocycles. The van der Waals surface area contributed by atoms with Crippen molar-refractivity contribution in [2.45, 2.75) is 18.9 Å². The molecule has 3 N–H and O–H groups in total. The second-order valence-corrected chi connectivity index (χ2v) is 6.09. The van der Waals surface area contributed by atoms with Crippen molar-refractivity contribution in [1.82, 2.24) is 0 Å². The maximum atomic E-state index is 2.36. The van der Waals surface area contributed by atoms with Crippen LogP contribution < -0.4 is 10.2 Å². The summed E-state index contributed by atoms with van der Waals surface area (Å²) in [4.78, 5) is 1.77. The molecule has 1 saturated heterocycles. The number of rotatable bonds is 5. The van der Waals surface area contributed by atoms with E-state index < -0.39 is 0 Å². The first-order chi connectivity index (χ1) is 10.4. The van der Waals surface area contributed by atoms with Gasteiger partial charge in [0, 0.05) is 18.4 Å². The molecule has 0 unspecified atom stereocenters. The monoisotopic (exact) mass is 282 g/mol. The molecule has 1 atom stereocenters. The Bertz CT molecular complexity index is 542. The Labute approximate surface area is 127 Å². The molecule has 0 saturated carbocycles. The number of nitrogens with one attached hydrogen (secondary N) is 1. The van der Waals surface area contributed by atoms with Crippen LogP contribution in [0.1, 0.15) is 24.4 Å². The quantitative estimate of drug-likeness (QED) is 0.824. The Hall–Kier alpha value is -1.64. The zero-order valence-corrected chi connectivity index (χ0v) is 12.9. The zero-order chi connectivity index (χ0) is 14.5. The summed E-state index contributed by atoms with van der Waals surface area (Å²) in [7, 11) is 2.20. The fourth-order valence-electron chi connectivity index (χ4n) is 3.37. The molecule has 0 radical (unpaired) electrons. The van der Waals surface area contributed by atoms with Crippen molar-refractivity contribution in [3.8, 4) is 11.1 Å². The van der Waals surface area contributed by atoms with Crippen LogP contribution >= 0.6 is 0 Å². The van der Waals surface area contributed by atoms with Gasteiger partial charge >= 0.3 is 0 Å². The second kappa shape index (κ2) is 6.88. The summed E-state index contributed by atoms with van der Waals surface area (Å²) in [5, 5.41) is 2.36. The molecule has 2 nitrogen and oxygen atoms in total. The molecule has 21 heavy (non-hydrogen) atoms. The van der Waals surface area contributed by atoms with Crippen LogP contribution in [0.25, 0.3) is 11.1 Å². The van der Waals surface area contributed by atoms with Gasteiger partial charge < -0.3 is 10.2 Å². The van der Waals surface area contributed by atoms with Crippen LogP contribution in [0.2, 0.25) is 0 Å². The summed E-state index contributed by atoms with van der Waals surface area (Å²) in [6.45, 7) is 3.96. The van der Waals surface area contributed by atoms with Crippen molar-refractivity contribution in [2.75, 3.05) is 26.7 Å². The summed E-state index contributed by atoms with van der Waals surface area (Å²) in [5.41, 5.74) is 4.06. The average molecular weight is 282 g/mol. The van der Waals surface area contributed by atoms with Gasteiger partial charge in [0.1, 0.15) is 6.54 Å². The van der Waals surface area contributed by atoms with Crippen molar-refractivity contribution in [3.63, 3.8) is 0 Å². The molecule has 2 heteroatoms. The molecule has 3 rings (SSSR count). The van der Waals surface area contributed by atoms with Crippen molar-refractivity contribution in [2.24, 2.45) is 0 Å². The lowest BCUT2D eigenvalue weighted by Crippen LogP contribution is -3.12. The summed E-state index contributed by atoms with van der Waals surface area (Å²) in [6.07, 6.45) is 2.80. The van der Waals surface area contributed by atoms with Gasteiger partial charge in [-0.05, 0) is 11.1 Å². The first-order valence-corrected chi connectivity index (χ1v) is 8.15. The molecule has 1 fully saturated rings. The van der Waals surface area contributed by atoms with E-state index in [1.807, 2.05) is 0 Å². The normalized spacial score (nSPS) is 17.0. The Morgan fingerprint density at radius 1 is 0.905 bits per heavy atom. The third-order valence-corrected chi connectivity index (χ3v) is 4.67. The minimum absolute atomic E-state index is 0.586. The smallest absolute Gasteiger partial charge is 0.161 e. The predicted molar refractivity (Wildman–Crippen MR) is 87.3 cm³/mol. The topological polar surface area (TPSA) is 21.1 Å². The lowest BCUT2D eigenvalue weighted by Gasteiger charge is -2.18. The van der Waals surface area contributed by atoms with Crippen LogP contribution in [-0.2, 0) is 0 Å². The number of likely N-dealkylation sites (N-methyl/N-ethyl adjacent to an activating group) is 1. The highest BCUT2D eigenvalue weighted by molar-refractivity contribution is 5.63. The van der Waals surface area contributed by atoms with Crippen molar-refractivity contribution in [3.05, 3.63) is 60.2 Å². The fourth-order valence-corrected chi connectivity index (χ4v) is 3.37. The van der Waals surface area contributed by atoms with E-state index in [0.29, 0.717) is 6.04 Å². The number of likely N-dealkylation sites (tertiary alicyclic amines) is 1. The van der Waals surface area contributed by atoms with Crippen LogP contribution in [0.5, 0.6) is 0 Å². The van der Waals surface area contributed by atoms with E-state index in [-0.39, 0.29) is 0 Å². The largest absolute Gasteiger partial charge is 0.338 e. The molecule has 0 amide bonds. The maximum absolute atomic E-state index is 2.36. The predicted octanol–water partition coefficient (Wildman–Crippen LogP) is 1.27. The Morgan fingerprint density at radius 3 is 2.14 bits per heavy atom. The molecule has 2 aromatic carbocycles. The summed E-state index contributed by atoms with van der Waals surface area (Å²) >= 11 is 0. The average Bonchev–Trinajstić information content (AvgIpc) is 3.07. The first-order valence-electron chi connectivity index (χ1n) is 8.15. The minimum atomic E-state index is 0.586. The lowest BCUT2D eigenvalue weighted by atomic mass is 10.0. The lowest BCUT2D eigenvalue weighted by molar-refractivity contribution is -0.908. The zero-order valence-electron chi connectivity index (χ0n) is 12.9. The minimum Gasteiger partial charge on any atom is -0.338 e. The van der Waals surface area contributed by atoms with Gasteiger partial charge in [-0.25, -0.2) is 0 Å². The van der Waals surface area contributed by atoms with E-state index in [9.17, 15) is 0 Å². The van der Waals surface area contributed by atoms with Gasteiger partial charge in [0.25, 0.3) is 0 Å². The van der Waals surface area contributed by atoms with Crippen molar-refractivity contribution >= 4 is 0 Å². The van der Waals surface area contributed by atoms with Gasteiger partial charge in [0.2, 0.25) is 0 Å². The van der Waals surface area contributed by atoms with Gasteiger partial charge in [-0.15, -0.1) is 0 Å². The highest BCUT2D eigenvalue weighted by Crippen LogP contribution is 2.20. The molecule has 1 aliphatic heterocycles. The van der Waals surface area contributed by atoms with Gasteiger partial charge in [0.05, 0.1) is 20.1 Å². The van der Waals surface area contributed by atoms with Gasteiger partial charge in [-0.3, -0.25) is 0 Å². The Balaban J connectivity index is 1.72. The van der Waals surface area contributed by atoms with Crippen molar-refractivity contribution < 1.29 is 10.2 Å². The highest BCUT2D eigenvalue weighted by Gasteiger charge is 2.23. The summed E-state index contributed by atoms with van der Waals surface area (Å²) in [5.74, 6) is 0. The van der Waals surface area contributed by atoms with Gasteiger partial charge in [0.15, 0.2) is 6.04 Å². The molecule has 0 aliphatic carbocycles. The van der Waals surface area contributed by atoms with E-state index in [2.05, 4.69) is 67.0 Å². The number of nitrogens with two attached hydrogens (primary N) is 1. The molecule has 110 valence electrons. The van der Waals surface area contributed by atoms with Crippen LogP contribution in [0.15, 0.2) is 54.6 Å². The molecule has 1 heterocycles. The molecular weight excluding hydrogens is 256 g/mol. The Morgan fingerprint density at radius 2 is 1.52 bits per heavy atom. The third kappa shape index (κ3) is 3.52. The number of hydrogen-bond acceptors (Lipinski definition) is 0. The molecule has 2 aromatic rings. The molecular formula is C19H26N2+2. The van der Waals surface area contributed by atoms with Crippen molar-refractivity contribution in [1.29, 1.82) is 0 Å². The molecule has 1 aliphatic rings. The van der Waals surface area contributed by atoms with E-state index in [0.717, 1.165) is 0 Å². The maximum Gasteiger partial charge on any atom is 0.161 e. The van der Waals surface area contributed by atoms with Gasteiger partial charge in [-0.2, -0.15) is 0 Å². The van der Waals surface area contributed by atoms with Crippen LogP contribution in [0, 0.1) is 0 Å². The molecule has 0 bridgehead atoms. The Kier molecular flexibility index (Phi) is 4.69. The number of quaternary nitrogens is 2. The first kappa shape index (κ1) is 14.3. The third-order valence-electron chi connectivity index (χ3n) is 4.67. The summed E-state index contributed by atoms with van der Waals surface area (Å²) < 4.78 is 0. The van der Waals surface area contributed by atoms with E-state index in [1.54, 1.807) is 4.90 Å². The van der Waals surface area contributed by atoms with Gasteiger partial charge in [-0.1, -0.05) is 54.6 Å². The van der Waals surface area contributed by atoms with E-state index in [4.69, 9.17) is 0 Å². The van der Waals surface area contributed by atoms with Crippen LogP contribution in [0.4, 0.5) is 0 Å². The fraction of sp³-hybridized carbons (Fsp3) is 0.368. The molecule has 0 spiro atoms. The summed E-state index contributed by atoms with van der Waals surface area (Å²) in [6, 6.07) is 20.3. The SMILES string of the molecule is C[NH2+][C@H](C[NH+]1CCCC1)c1ccc(-c2ccccc2)cc1. The standard InChI is InChI=1S/C19H24N2/c1-20-19(15-21-13-5-6-14-21)18-11-9-17(10-12-18)16-7-3-2-4-8-16/h2-4,7-12,19-20H,5-6,13-15H2,1H3/p+2/t19-/m1/s1. The number of hydrogen-bond donors (Lipinski definition) is 2.